The molecule has 0 amide bonds. The SMILES string of the molecule is COc1ccc(C(C)(C)C2C=C(C)C=CN2)c(OC)c1. The zero-order valence-corrected chi connectivity index (χ0v) is 12.9. The van der Waals surface area contributed by atoms with E-state index in [1.807, 2.05) is 18.3 Å². The van der Waals surface area contributed by atoms with Gasteiger partial charge in [-0.2, -0.15) is 0 Å². The summed E-state index contributed by atoms with van der Waals surface area (Å²) < 4.78 is 10.8. The van der Waals surface area contributed by atoms with Crippen molar-refractivity contribution in [3.63, 3.8) is 0 Å². The summed E-state index contributed by atoms with van der Waals surface area (Å²) >= 11 is 0. The standard InChI is InChI=1S/C17H23NO2/c1-12-8-9-18-16(10-12)17(2,3)14-7-6-13(19-4)11-15(14)20-5/h6-11,16,18H,1-5H3. The van der Waals surface area contributed by atoms with Crippen LogP contribution in [0.2, 0.25) is 0 Å². The van der Waals surface area contributed by atoms with Crippen LogP contribution < -0.4 is 14.8 Å². The van der Waals surface area contributed by atoms with Crippen molar-refractivity contribution in [2.45, 2.75) is 32.2 Å². The second-order valence-corrected chi connectivity index (χ2v) is 5.68. The Kier molecular flexibility index (Phi) is 4.07. The molecule has 1 aromatic carbocycles. The highest BCUT2D eigenvalue weighted by Crippen LogP contribution is 2.37. The normalized spacial score (nSPS) is 18.2. The van der Waals surface area contributed by atoms with Crippen molar-refractivity contribution in [3.8, 4) is 11.5 Å². The van der Waals surface area contributed by atoms with Gasteiger partial charge in [0, 0.05) is 17.0 Å². The average molecular weight is 273 g/mol. The molecule has 1 atom stereocenters. The zero-order chi connectivity index (χ0) is 14.8. The van der Waals surface area contributed by atoms with Gasteiger partial charge in [0.2, 0.25) is 0 Å². The first-order chi connectivity index (χ1) is 9.48. The summed E-state index contributed by atoms with van der Waals surface area (Å²) in [6, 6.07) is 6.23. The van der Waals surface area contributed by atoms with Crippen molar-refractivity contribution in [3.05, 3.63) is 47.7 Å². The molecular formula is C17H23NO2. The van der Waals surface area contributed by atoms with Gasteiger partial charge in [0.05, 0.1) is 20.3 Å². The Hall–Kier alpha value is -1.90. The number of dihydropyridines is 1. The maximum atomic E-state index is 5.55. The van der Waals surface area contributed by atoms with Crippen LogP contribution in [-0.4, -0.2) is 20.3 Å². The molecule has 1 heterocycles. The number of methoxy groups -OCH3 is 2. The lowest BCUT2D eigenvalue weighted by atomic mass is 9.76. The average Bonchev–Trinajstić information content (AvgIpc) is 2.46. The second-order valence-electron chi connectivity index (χ2n) is 5.68. The fourth-order valence-electron chi connectivity index (χ4n) is 2.56. The van der Waals surface area contributed by atoms with E-state index < -0.39 is 0 Å². The van der Waals surface area contributed by atoms with Crippen molar-refractivity contribution < 1.29 is 9.47 Å². The van der Waals surface area contributed by atoms with E-state index in [9.17, 15) is 0 Å². The second kappa shape index (κ2) is 5.61. The van der Waals surface area contributed by atoms with Crippen LogP contribution in [0.25, 0.3) is 0 Å². The highest BCUT2D eigenvalue weighted by molar-refractivity contribution is 5.46. The molecule has 1 aliphatic heterocycles. The van der Waals surface area contributed by atoms with E-state index in [4.69, 9.17) is 9.47 Å². The predicted molar refractivity (Wildman–Crippen MR) is 82.4 cm³/mol. The smallest absolute Gasteiger partial charge is 0.126 e. The van der Waals surface area contributed by atoms with E-state index in [-0.39, 0.29) is 11.5 Å². The van der Waals surface area contributed by atoms with Gasteiger partial charge < -0.3 is 14.8 Å². The largest absolute Gasteiger partial charge is 0.497 e. The number of hydrogen-bond donors (Lipinski definition) is 1. The van der Waals surface area contributed by atoms with Gasteiger partial charge in [-0.15, -0.1) is 0 Å². The Morgan fingerprint density at radius 1 is 1.15 bits per heavy atom. The molecule has 0 saturated heterocycles. The first kappa shape index (κ1) is 14.5. The first-order valence-electron chi connectivity index (χ1n) is 6.82. The third-order valence-corrected chi connectivity index (χ3v) is 3.93. The quantitative estimate of drug-likeness (QED) is 0.912. The lowest BCUT2D eigenvalue weighted by Gasteiger charge is -2.36. The van der Waals surface area contributed by atoms with Gasteiger partial charge in [-0.1, -0.05) is 31.6 Å². The third-order valence-electron chi connectivity index (χ3n) is 3.93. The van der Waals surface area contributed by atoms with Crippen molar-refractivity contribution in [2.75, 3.05) is 14.2 Å². The molecule has 2 rings (SSSR count). The highest BCUT2D eigenvalue weighted by Gasteiger charge is 2.33. The number of nitrogens with one attached hydrogen (secondary N) is 1. The monoisotopic (exact) mass is 273 g/mol. The van der Waals surface area contributed by atoms with E-state index in [2.05, 4.69) is 44.3 Å². The lowest BCUT2D eigenvalue weighted by molar-refractivity contribution is 0.362. The van der Waals surface area contributed by atoms with Crippen LogP contribution in [0.1, 0.15) is 26.3 Å². The van der Waals surface area contributed by atoms with E-state index in [1.165, 1.54) is 5.57 Å². The van der Waals surface area contributed by atoms with Gasteiger partial charge >= 0.3 is 0 Å². The fourth-order valence-corrected chi connectivity index (χ4v) is 2.56. The molecule has 0 radical (unpaired) electrons. The van der Waals surface area contributed by atoms with Crippen LogP contribution >= 0.6 is 0 Å². The first-order valence-corrected chi connectivity index (χ1v) is 6.82. The minimum absolute atomic E-state index is 0.0936. The molecule has 0 aliphatic carbocycles. The third kappa shape index (κ3) is 2.67. The van der Waals surface area contributed by atoms with Crippen LogP contribution in [0, 0.1) is 0 Å². The van der Waals surface area contributed by atoms with Gasteiger partial charge in [-0.05, 0) is 25.3 Å². The number of benzene rings is 1. The Labute approximate surface area is 121 Å². The van der Waals surface area contributed by atoms with Gasteiger partial charge in [0.1, 0.15) is 11.5 Å². The molecule has 1 aromatic rings. The summed E-state index contributed by atoms with van der Waals surface area (Å²) in [7, 11) is 3.36. The number of ether oxygens (including phenoxy) is 2. The van der Waals surface area contributed by atoms with Crippen molar-refractivity contribution in [2.24, 2.45) is 0 Å². The highest BCUT2D eigenvalue weighted by atomic mass is 16.5. The minimum Gasteiger partial charge on any atom is -0.497 e. The molecule has 3 nitrogen and oxygen atoms in total. The Bertz CT molecular complexity index is 544. The Morgan fingerprint density at radius 3 is 2.50 bits per heavy atom. The van der Waals surface area contributed by atoms with E-state index in [0.717, 1.165) is 17.1 Å². The number of hydrogen-bond acceptors (Lipinski definition) is 3. The summed E-state index contributed by atoms with van der Waals surface area (Å²) in [5, 5.41) is 3.42. The van der Waals surface area contributed by atoms with E-state index in [0.29, 0.717) is 0 Å². The molecule has 0 spiro atoms. The molecule has 0 saturated carbocycles. The number of allylic oxidation sites excluding steroid dienone is 2. The number of rotatable bonds is 4. The van der Waals surface area contributed by atoms with Crippen molar-refractivity contribution in [1.29, 1.82) is 0 Å². The maximum Gasteiger partial charge on any atom is 0.126 e. The van der Waals surface area contributed by atoms with Crippen LogP contribution in [0.3, 0.4) is 0 Å². The summed E-state index contributed by atoms with van der Waals surface area (Å²) in [4.78, 5) is 0. The van der Waals surface area contributed by atoms with Crippen LogP contribution in [0.5, 0.6) is 11.5 Å². The lowest BCUT2D eigenvalue weighted by Crippen LogP contribution is -2.42. The van der Waals surface area contributed by atoms with Crippen LogP contribution in [0.4, 0.5) is 0 Å². The Balaban J connectivity index is 2.41. The molecule has 1 aliphatic rings. The van der Waals surface area contributed by atoms with E-state index in [1.54, 1.807) is 14.2 Å². The maximum absolute atomic E-state index is 5.55. The molecule has 0 bridgehead atoms. The van der Waals surface area contributed by atoms with Crippen molar-refractivity contribution >= 4 is 0 Å². The Morgan fingerprint density at radius 2 is 1.90 bits per heavy atom. The summed E-state index contributed by atoms with van der Waals surface area (Å²) in [6.45, 7) is 6.56. The molecule has 108 valence electrons. The molecule has 1 N–H and O–H groups in total. The molecule has 3 heteroatoms. The van der Waals surface area contributed by atoms with Crippen LogP contribution in [0.15, 0.2) is 42.1 Å². The van der Waals surface area contributed by atoms with Gasteiger partial charge in [-0.25, -0.2) is 0 Å². The van der Waals surface area contributed by atoms with Gasteiger partial charge in [0.15, 0.2) is 0 Å². The molecule has 0 fully saturated rings. The molecule has 0 aromatic heterocycles. The van der Waals surface area contributed by atoms with Gasteiger partial charge in [-0.3, -0.25) is 0 Å². The summed E-state index contributed by atoms with van der Waals surface area (Å²) in [5.41, 5.74) is 2.34. The summed E-state index contributed by atoms with van der Waals surface area (Å²) in [6.07, 6.45) is 6.35. The summed E-state index contributed by atoms with van der Waals surface area (Å²) in [5.74, 6) is 1.67. The molecule has 1 unspecified atom stereocenters. The predicted octanol–water partition coefficient (Wildman–Crippen LogP) is 3.41. The minimum atomic E-state index is -0.0936. The van der Waals surface area contributed by atoms with Crippen molar-refractivity contribution in [1.82, 2.24) is 5.32 Å². The zero-order valence-electron chi connectivity index (χ0n) is 12.9. The molecule has 20 heavy (non-hydrogen) atoms. The molecular weight excluding hydrogens is 250 g/mol. The topological polar surface area (TPSA) is 30.5 Å². The van der Waals surface area contributed by atoms with Crippen LogP contribution in [-0.2, 0) is 5.41 Å². The van der Waals surface area contributed by atoms with E-state index >= 15 is 0 Å². The fraction of sp³-hybridized carbons (Fsp3) is 0.412. The van der Waals surface area contributed by atoms with Gasteiger partial charge in [0.25, 0.3) is 0 Å².